The molecule has 21 heavy (non-hydrogen) atoms. The van der Waals surface area contributed by atoms with E-state index >= 15 is 0 Å². The van der Waals surface area contributed by atoms with E-state index in [0.29, 0.717) is 11.1 Å². The van der Waals surface area contributed by atoms with Gasteiger partial charge in [0.1, 0.15) is 5.75 Å². The molecule has 0 N–H and O–H groups in total. The van der Waals surface area contributed by atoms with E-state index in [1.54, 1.807) is 7.11 Å². The number of ether oxygens (including phenoxy) is 1. The lowest BCUT2D eigenvalue weighted by Crippen LogP contribution is -2.24. The van der Waals surface area contributed by atoms with E-state index in [9.17, 15) is 0 Å². The minimum Gasteiger partial charge on any atom is -0.497 e. The van der Waals surface area contributed by atoms with Gasteiger partial charge in [0.2, 0.25) is 11.2 Å². The van der Waals surface area contributed by atoms with Gasteiger partial charge in [0, 0.05) is 18.0 Å². The molecule has 0 unspecified atom stereocenters. The van der Waals surface area contributed by atoms with E-state index < -0.39 is 0 Å². The number of nitrogens with zero attached hydrogens (tertiary/aromatic N) is 4. The van der Waals surface area contributed by atoms with Crippen LogP contribution < -0.4 is 9.64 Å². The number of halogens is 1. The summed E-state index contributed by atoms with van der Waals surface area (Å²) in [5.41, 5.74) is 0. The second-order valence-electron chi connectivity index (χ2n) is 4.14. The van der Waals surface area contributed by atoms with Crippen molar-refractivity contribution in [2.24, 2.45) is 0 Å². The van der Waals surface area contributed by atoms with Crippen molar-refractivity contribution in [3.05, 3.63) is 29.5 Å². The molecule has 112 valence electrons. The summed E-state index contributed by atoms with van der Waals surface area (Å²) in [5.74, 6) is 1.42. The molecule has 0 aliphatic carbocycles. The van der Waals surface area contributed by atoms with Crippen molar-refractivity contribution in [3.8, 4) is 5.75 Å². The Morgan fingerprint density at radius 3 is 2.33 bits per heavy atom. The fourth-order valence-corrected chi connectivity index (χ4v) is 2.71. The summed E-state index contributed by atoms with van der Waals surface area (Å²) < 4.78 is 5.14. The number of rotatable bonds is 6. The van der Waals surface area contributed by atoms with E-state index in [1.807, 2.05) is 29.2 Å². The van der Waals surface area contributed by atoms with Crippen LogP contribution in [0.3, 0.4) is 0 Å². The Labute approximate surface area is 133 Å². The first kappa shape index (κ1) is 15.9. The van der Waals surface area contributed by atoms with E-state index in [2.05, 4.69) is 28.8 Å². The van der Waals surface area contributed by atoms with Gasteiger partial charge in [0.15, 0.2) is 5.16 Å². The number of aromatic nitrogens is 3. The highest BCUT2D eigenvalue weighted by Crippen LogP contribution is 2.28. The van der Waals surface area contributed by atoms with Crippen molar-refractivity contribution in [3.63, 3.8) is 0 Å². The highest BCUT2D eigenvalue weighted by molar-refractivity contribution is 7.99. The van der Waals surface area contributed by atoms with Crippen molar-refractivity contribution < 1.29 is 4.74 Å². The molecule has 1 aromatic heterocycles. The molecule has 0 spiro atoms. The quantitative estimate of drug-likeness (QED) is 0.810. The molecule has 0 bridgehead atoms. The molecule has 0 atom stereocenters. The summed E-state index contributed by atoms with van der Waals surface area (Å²) >= 11 is 7.44. The smallest absolute Gasteiger partial charge is 0.230 e. The second kappa shape index (κ2) is 7.47. The standard InChI is InChI=1S/C14H17ClN4OS/c1-4-19(5-2)13-16-12(15)17-14(18-13)21-11-8-6-10(20-3)7-9-11/h6-9H,4-5H2,1-3H3. The third kappa shape index (κ3) is 4.22. The molecule has 0 fully saturated rings. The molecule has 0 radical (unpaired) electrons. The summed E-state index contributed by atoms with van der Waals surface area (Å²) in [7, 11) is 1.64. The first-order chi connectivity index (χ1) is 10.2. The molecule has 0 aliphatic rings. The zero-order chi connectivity index (χ0) is 15.2. The lowest BCUT2D eigenvalue weighted by molar-refractivity contribution is 0.414. The lowest BCUT2D eigenvalue weighted by atomic mass is 10.3. The van der Waals surface area contributed by atoms with Gasteiger partial charge < -0.3 is 9.64 Å². The Morgan fingerprint density at radius 2 is 1.76 bits per heavy atom. The summed E-state index contributed by atoms with van der Waals surface area (Å²) in [6, 6.07) is 7.71. The number of methoxy groups -OCH3 is 1. The van der Waals surface area contributed by atoms with Gasteiger partial charge in [-0.2, -0.15) is 15.0 Å². The summed E-state index contributed by atoms with van der Waals surface area (Å²) in [4.78, 5) is 15.9. The van der Waals surface area contributed by atoms with Crippen LogP contribution in [-0.4, -0.2) is 35.2 Å². The molecular weight excluding hydrogens is 308 g/mol. The predicted molar refractivity (Wildman–Crippen MR) is 85.5 cm³/mol. The molecular formula is C14H17ClN4OS. The third-order valence-electron chi connectivity index (χ3n) is 2.89. The van der Waals surface area contributed by atoms with Gasteiger partial charge in [-0.3, -0.25) is 0 Å². The molecule has 2 rings (SSSR count). The highest BCUT2D eigenvalue weighted by Gasteiger charge is 2.11. The van der Waals surface area contributed by atoms with Gasteiger partial charge in [-0.25, -0.2) is 0 Å². The van der Waals surface area contributed by atoms with Crippen LogP contribution in [-0.2, 0) is 0 Å². The van der Waals surface area contributed by atoms with Gasteiger partial charge in [-0.05, 0) is 61.5 Å². The predicted octanol–water partition coefficient (Wildman–Crippen LogP) is 3.53. The Hall–Kier alpha value is -1.53. The van der Waals surface area contributed by atoms with Crippen LogP contribution >= 0.6 is 23.4 Å². The fraction of sp³-hybridized carbons (Fsp3) is 0.357. The first-order valence-corrected chi connectivity index (χ1v) is 7.84. The number of anilines is 1. The number of hydrogen-bond acceptors (Lipinski definition) is 6. The van der Waals surface area contributed by atoms with Crippen molar-refractivity contribution in [2.45, 2.75) is 23.9 Å². The monoisotopic (exact) mass is 324 g/mol. The van der Waals surface area contributed by atoms with Crippen LogP contribution in [0.2, 0.25) is 5.28 Å². The van der Waals surface area contributed by atoms with Gasteiger partial charge in [0.25, 0.3) is 0 Å². The molecule has 1 heterocycles. The first-order valence-electron chi connectivity index (χ1n) is 6.64. The van der Waals surface area contributed by atoms with Crippen LogP contribution in [0, 0.1) is 0 Å². The Balaban J connectivity index is 2.22. The Morgan fingerprint density at radius 1 is 1.10 bits per heavy atom. The van der Waals surface area contributed by atoms with Crippen LogP contribution in [0.25, 0.3) is 0 Å². The van der Waals surface area contributed by atoms with Gasteiger partial charge in [0.05, 0.1) is 7.11 Å². The Kier molecular flexibility index (Phi) is 5.64. The lowest BCUT2D eigenvalue weighted by Gasteiger charge is -2.18. The molecule has 7 heteroatoms. The van der Waals surface area contributed by atoms with Crippen molar-refractivity contribution in [2.75, 3.05) is 25.1 Å². The maximum Gasteiger partial charge on any atom is 0.230 e. The Bertz CT molecular complexity index is 590. The van der Waals surface area contributed by atoms with Crippen LogP contribution in [0.5, 0.6) is 5.75 Å². The van der Waals surface area contributed by atoms with Crippen LogP contribution in [0.15, 0.2) is 34.3 Å². The average Bonchev–Trinajstić information content (AvgIpc) is 2.49. The average molecular weight is 325 g/mol. The van der Waals surface area contributed by atoms with Crippen molar-refractivity contribution in [1.29, 1.82) is 0 Å². The molecule has 0 saturated carbocycles. The minimum absolute atomic E-state index is 0.211. The number of benzene rings is 1. The molecule has 0 amide bonds. The summed E-state index contributed by atoms with van der Waals surface area (Å²) in [6.45, 7) is 5.75. The van der Waals surface area contributed by atoms with E-state index in [-0.39, 0.29) is 5.28 Å². The molecule has 0 aliphatic heterocycles. The zero-order valence-electron chi connectivity index (χ0n) is 12.2. The number of hydrogen-bond donors (Lipinski definition) is 0. The normalized spacial score (nSPS) is 10.5. The van der Waals surface area contributed by atoms with Gasteiger partial charge in [-0.1, -0.05) is 0 Å². The molecule has 2 aromatic rings. The molecule has 1 aromatic carbocycles. The largest absolute Gasteiger partial charge is 0.497 e. The second-order valence-corrected chi connectivity index (χ2v) is 5.52. The van der Waals surface area contributed by atoms with Gasteiger partial charge in [-0.15, -0.1) is 0 Å². The highest BCUT2D eigenvalue weighted by atomic mass is 35.5. The summed E-state index contributed by atoms with van der Waals surface area (Å²) in [5, 5.41) is 0.796. The van der Waals surface area contributed by atoms with Crippen molar-refractivity contribution >= 4 is 29.3 Å². The van der Waals surface area contributed by atoms with E-state index in [0.717, 1.165) is 23.7 Å². The van der Waals surface area contributed by atoms with Crippen LogP contribution in [0.1, 0.15) is 13.8 Å². The topological polar surface area (TPSA) is 51.1 Å². The summed E-state index contributed by atoms with van der Waals surface area (Å²) in [6.07, 6.45) is 0. The maximum absolute atomic E-state index is 6.00. The minimum atomic E-state index is 0.211. The maximum atomic E-state index is 6.00. The van der Waals surface area contributed by atoms with Crippen LogP contribution in [0.4, 0.5) is 5.95 Å². The SMILES string of the molecule is CCN(CC)c1nc(Cl)nc(Sc2ccc(OC)cc2)n1. The van der Waals surface area contributed by atoms with Crippen molar-refractivity contribution in [1.82, 2.24) is 15.0 Å². The third-order valence-corrected chi connectivity index (χ3v) is 3.93. The van der Waals surface area contributed by atoms with Gasteiger partial charge >= 0.3 is 0 Å². The van der Waals surface area contributed by atoms with E-state index in [1.165, 1.54) is 11.8 Å². The molecule has 5 nitrogen and oxygen atoms in total. The fourth-order valence-electron chi connectivity index (χ4n) is 1.76. The molecule has 0 saturated heterocycles. The van der Waals surface area contributed by atoms with E-state index in [4.69, 9.17) is 16.3 Å². The zero-order valence-corrected chi connectivity index (χ0v) is 13.8.